The summed E-state index contributed by atoms with van der Waals surface area (Å²) in [4.78, 5) is 3.87. The van der Waals surface area contributed by atoms with Crippen LogP contribution in [-0.2, 0) is 16.6 Å². The van der Waals surface area contributed by atoms with Crippen molar-refractivity contribution in [2.45, 2.75) is 11.4 Å². The van der Waals surface area contributed by atoms with Gasteiger partial charge >= 0.3 is 0 Å². The summed E-state index contributed by atoms with van der Waals surface area (Å²) < 4.78 is 54.1. The predicted molar refractivity (Wildman–Crippen MR) is 80.6 cm³/mol. The summed E-state index contributed by atoms with van der Waals surface area (Å²) in [5.41, 5.74) is 1.06. The van der Waals surface area contributed by atoms with E-state index < -0.39 is 21.7 Å². The number of imidazole rings is 1. The molecule has 3 rings (SSSR count). The number of aromatic nitrogens is 2. The molecule has 0 atom stereocenters. The Bertz CT molecular complexity index is 989. The standard InChI is InChI=1S/C14H10ClF2N3O2S/c15-9-1-4-14-19-10(8-20(14)7-9)6-18-23(21,22)11-2-3-12(16)13(17)5-11/h1-5,7-8,18H,6H2. The first-order chi connectivity index (χ1) is 10.8. The lowest BCUT2D eigenvalue weighted by Crippen LogP contribution is -2.23. The van der Waals surface area contributed by atoms with Crippen LogP contribution < -0.4 is 4.72 Å². The molecule has 0 aliphatic rings. The average molecular weight is 358 g/mol. The van der Waals surface area contributed by atoms with Crippen LogP contribution in [0.2, 0.25) is 5.02 Å². The van der Waals surface area contributed by atoms with Crippen molar-refractivity contribution < 1.29 is 17.2 Å². The molecule has 0 fully saturated rings. The Labute approximate surface area is 135 Å². The van der Waals surface area contributed by atoms with E-state index in [2.05, 4.69) is 9.71 Å². The second kappa shape index (κ2) is 5.88. The summed E-state index contributed by atoms with van der Waals surface area (Å²) in [6.45, 7) is -0.0966. The fourth-order valence-corrected chi connectivity index (χ4v) is 3.18. The minimum atomic E-state index is -3.98. The summed E-state index contributed by atoms with van der Waals surface area (Å²) >= 11 is 5.86. The normalized spacial score (nSPS) is 12.0. The molecule has 0 aliphatic heterocycles. The van der Waals surface area contributed by atoms with Gasteiger partial charge in [-0.2, -0.15) is 0 Å². The molecular weight excluding hydrogens is 348 g/mol. The van der Waals surface area contributed by atoms with E-state index in [0.717, 1.165) is 12.1 Å². The van der Waals surface area contributed by atoms with Crippen LogP contribution in [0.4, 0.5) is 8.78 Å². The molecule has 5 nitrogen and oxygen atoms in total. The molecule has 2 aromatic heterocycles. The highest BCUT2D eigenvalue weighted by molar-refractivity contribution is 7.89. The van der Waals surface area contributed by atoms with E-state index in [0.29, 0.717) is 22.4 Å². The molecule has 120 valence electrons. The molecule has 3 aromatic rings. The van der Waals surface area contributed by atoms with Crippen molar-refractivity contribution in [1.29, 1.82) is 0 Å². The monoisotopic (exact) mass is 357 g/mol. The Balaban J connectivity index is 1.81. The number of nitrogens with zero attached hydrogens (tertiary/aromatic N) is 2. The lowest BCUT2D eigenvalue weighted by molar-refractivity contribution is 0.504. The average Bonchev–Trinajstić information content (AvgIpc) is 2.90. The third kappa shape index (κ3) is 3.34. The molecule has 1 N–H and O–H groups in total. The Morgan fingerprint density at radius 3 is 2.65 bits per heavy atom. The number of sulfonamides is 1. The number of halogens is 3. The maximum atomic E-state index is 13.2. The largest absolute Gasteiger partial charge is 0.305 e. The van der Waals surface area contributed by atoms with E-state index in [9.17, 15) is 17.2 Å². The number of hydrogen-bond donors (Lipinski definition) is 1. The van der Waals surface area contributed by atoms with Crippen LogP contribution in [0.1, 0.15) is 5.69 Å². The van der Waals surface area contributed by atoms with Crippen LogP contribution >= 0.6 is 11.6 Å². The highest BCUT2D eigenvalue weighted by Gasteiger charge is 2.17. The molecular formula is C14H10ClF2N3O2S. The Morgan fingerprint density at radius 2 is 1.91 bits per heavy atom. The van der Waals surface area contributed by atoms with Crippen molar-refractivity contribution in [2.75, 3.05) is 0 Å². The zero-order valence-electron chi connectivity index (χ0n) is 11.5. The van der Waals surface area contributed by atoms with Crippen molar-refractivity contribution in [3.05, 3.63) is 65.1 Å². The van der Waals surface area contributed by atoms with Crippen LogP contribution in [0.5, 0.6) is 0 Å². The molecule has 0 amide bonds. The fourth-order valence-electron chi connectivity index (χ4n) is 2.00. The van der Waals surface area contributed by atoms with Gasteiger partial charge in [0.25, 0.3) is 0 Å². The van der Waals surface area contributed by atoms with Crippen molar-refractivity contribution >= 4 is 27.3 Å². The van der Waals surface area contributed by atoms with Crippen LogP contribution in [-0.4, -0.2) is 17.8 Å². The third-order valence-electron chi connectivity index (χ3n) is 3.11. The second-order valence-electron chi connectivity index (χ2n) is 4.75. The number of benzene rings is 1. The van der Waals surface area contributed by atoms with Gasteiger partial charge in [-0.25, -0.2) is 26.9 Å². The summed E-state index contributed by atoms with van der Waals surface area (Å²) in [5, 5.41) is 0.517. The van der Waals surface area contributed by atoms with Gasteiger partial charge < -0.3 is 4.40 Å². The van der Waals surface area contributed by atoms with Crippen LogP contribution in [0.3, 0.4) is 0 Å². The van der Waals surface area contributed by atoms with Gasteiger partial charge in [0.1, 0.15) is 5.65 Å². The van der Waals surface area contributed by atoms with Crippen molar-refractivity contribution in [3.63, 3.8) is 0 Å². The quantitative estimate of drug-likeness (QED) is 0.781. The maximum absolute atomic E-state index is 13.2. The summed E-state index contributed by atoms with van der Waals surface area (Å²) in [5.74, 6) is -2.34. The Morgan fingerprint density at radius 1 is 1.13 bits per heavy atom. The van der Waals surface area contributed by atoms with E-state index >= 15 is 0 Å². The van der Waals surface area contributed by atoms with Crippen LogP contribution in [0.15, 0.2) is 47.6 Å². The first-order valence-electron chi connectivity index (χ1n) is 6.43. The van der Waals surface area contributed by atoms with E-state index in [1.165, 1.54) is 0 Å². The molecule has 0 unspecified atom stereocenters. The molecule has 1 aromatic carbocycles. The van der Waals surface area contributed by atoms with Gasteiger partial charge in [-0.1, -0.05) is 11.6 Å². The van der Waals surface area contributed by atoms with Gasteiger partial charge in [0.2, 0.25) is 10.0 Å². The number of nitrogens with one attached hydrogen (secondary N) is 1. The SMILES string of the molecule is O=S(=O)(NCc1cn2cc(Cl)ccc2n1)c1ccc(F)c(F)c1. The fraction of sp³-hybridized carbons (Fsp3) is 0.0714. The van der Waals surface area contributed by atoms with Crippen molar-refractivity contribution in [1.82, 2.24) is 14.1 Å². The summed E-state index contributed by atoms with van der Waals surface area (Å²) in [7, 11) is -3.98. The van der Waals surface area contributed by atoms with E-state index in [1.807, 2.05) is 0 Å². The molecule has 23 heavy (non-hydrogen) atoms. The first-order valence-corrected chi connectivity index (χ1v) is 8.29. The number of fused-ring (bicyclic) bond motifs is 1. The van der Waals surface area contributed by atoms with Crippen LogP contribution in [0, 0.1) is 11.6 Å². The first kappa shape index (κ1) is 15.9. The number of hydrogen-bond acceptors (Lipinski definition) is 3. The molecule has 0 saturated carbocycles. The Hall–Kier alpha value is -2.03. The van der Waals surface area contributed by atoms with E-state index in [4.69, 9.17) is 11.6 Å². The summed E-state index contributed by atoms with van der Waals surface area (Å²) in [6.07, 6.45) is 3.26. The van der Waals surface area contributed by atoms with E-state index in [-0.39, 0.29) is 11.4 Å². The lowest BCUT2D eigenvalue weighted by atomic mass is 10.3. The van der Waals surface area contributed by atoms with E-state index in [1.54, 1.807) is 28.9 Å². The highest BCUT2D eigenvalue weighted by atomic mass is 35.5. The highest BCUT2D eigenvalue weighted by Crippen LogP contribution is 2.15. The zero-order chi connectivity index (χ0) is 16.6. The van der Waals surface area contributed by atoms with Gasteiger partial charge in [-0.3, -0.25) is 0 Å². The molecule has 9 heteroatoms. The lowest BCUT2D eigenvalue weighted by Gasteiger charge is -2.05. The summed E-state index contributed by atoms with van der Waals surface area (Å²) in [6, 6.07) is 5.73. The van der Waals surface area contributed by atoms with Gasteiger partial charge in [-0.15, -0.1) is 0 Å². The number of pyridine rings is 1. The molecule has 0 spiro atoms. The van der Waals surface area contributed by atoms with Crippen molar-refractivity contribution in [2.24, 2.45) is 0 Å². The number of rotatable bonds is 4. The second-order valence-corrected chi connectivity index (χ2v) is 6.95. The zero-order valence-corrected chi connectivity index (χ0v) is 13.1. The smallest absolute Gasteiger partial charge is 0.241 e. The van der Waals surface area contributed by atoms with Gasteiger partial charge in [0.05, 0.1) is 22.2 Å². The minimum Gasteiger partial charge on any atom is -0.305 e. The molecule has 0 aliphatic carbocycles. The van der Waals surface area contributed by atoms with Gasteiger partial charge in [0.15, 0.2) is 11.6 Å². The van der Waals surface area contributed by atoms with Crippen molar-refractivity contribution in [3.8, 4) is 0 Å². The predicted octanol–water partition coefficient (Wildman–Crippen LogP) is 2.74. The molecule has 0 saturated heterocycles. The van der Waals surface area contributed by atoms with Gasteiger partial charge in [0, 0.05) is 12.4 Å². The maximum Gasteiger partial charge on any atom is 0.241 e. The molecule has 0 radical (unpaired) electrons. The molecule has 2 heterocycles. The topological polar surface area (TPSA) is 63.5 Å². The van der Waals surface area contributed by atoms with Gasteiger partial charge in [-0.05, 0) is 30.3 Å². The van der Waals surface area contributed by atoms with Crippen LogP contribution in [0.25, 0.3) is 5.65 Å². The molecule has 0 bridgehead atoms. The third-order valence-corrected chi connectivity index (χ3v) is 4.73. The minimum absolute atomic E-state index is 0.0966. The Kier molecular flexibility index (Phi) is 4.05.